The maximum Gasteiger partial charge on any atom is 0.473 e. The van der Waals surface area contributed by atoms with E-state index >= 15 is 0 Å². The number of carbonyl (C=O) groups excluding carboxylic acids is 1. The molecule has 0 rings (SSSR count). The van der Waals surface area contributed by atoms with Crippen LogP contribution in [0.1, 0.15) is 127 Å². The Morgan fingerprint density at radius 1 is 0.476 bits per heavy atom. The highest BCUT2D eigenvalue weighted by Gasteiger charge is 2.56. The topological polar surface area (TPSA) is 54.0 Å². The van der Waals surface area contributed by atoms with Crippen molar-refractivity contribution in [2.24, 2.45) is 0 Å². The standard InChI is InChI=1S/C33H72O5Si4/c1-12-22-39(23-13-2,24-14-3)36-42(31-21-35-33(34)32(10)11,37-40(25-15-4,26-16-5)27-17-6)38-41(28-18-7,29-19-8)30-20-9/h10,12-31H2,1-9,11H3. The van der Waals surface area contributed by atoms with Gasteiger partial charge in [-0.3, -0.25) is 0 Å². The predicted molar refractivity (Wildman–Crippen MR) is 193 cm³/mol. The molecule has 0 unspecified atom stereocenters. The Morgan fingerprint density at radius 3 is 0.905 bits per heavy atom. The molecule has 0 aromatic rings. The van der Waals surface area contributed by atoms with Gasteiger partial charge in [0.15, 0.2) is 25.0 Å². The fraction of sp³-hybridized carbons (Fsp3) is 0.909. The first-order valence-corrected chi connectivity index (χ1v) is 27.4. The third-order valence-electron chi connectivity index (χ3n) is 8.46. The molecular weight excluding hydrogens is 589 g/mol. The number of hydrogen-bond donors (Lipinski definition) is 0. The zero-order chi connectivity index (χ0) is 32.1. The fourth-order valence-corrected chi connectivity index (χ4v) is 32.5. The van der Waals surface area contributed by atoms with Gasteiger partial charge in [-0.1, -0.05) is 127 Å². The Balaban J connectivity index is 7.45. The van der Waals surface area contributed by atoms with E-state index in [1.165, 1.54) is 0 Å². The van der Waals surface area contributed by atoms with Crippen LogP contribution in [0, 0.1) is 0 Å². The Kier molecular flexibility index (Phi) is 22.4. The lowest BCUT2D eigenvalue weighted by atomic mass is 10.4. The van der Waals surface area contributed by atoms with Crippen LogP contribution in [0.25, 0.3) is 0 Å². The Morgan fingerprint density at radius 2 is 0.714 bits per heavy atom. The Labute approximate surface area is 267 Å². The smallest absolute Gasteiger partial charge is 0.462 e. The van der Waals surface area contributed by atoms with E-state index in [2.05, 4.69) is 68.9 Å². The highest BCUT2D eigenvalue weighted by Crippen LogP contribution is 2.42. The molecule has 0 aromatic heterocycles. The van der Waals surface area contributed by atoms with Gasteiger partial charge in [0.05, 0.1) is 6.61 Å². The van der Waals surface area contributed by atoms with Gasteiger partial charge in [-0.2, -0.15) is 0 Å². The van der Waals surface area contributed by atoms with Crippen molar-refractivity contribution in [1.82, 2.24) is 0 Å². The van der Waals surface area contributed by atoms with Crippen molar-refractivity contribution < 1.29 is 21.9 Å². The second-order valence-corrected chi connectivity index (χ2v) is 28.9. The molecule has 9 heteroatoms. The molecule has 42 heavy (non-hydrogen) atoms. The molecule has 0 heterocycles. The van der Waals surface area contributed by atoms with Crippen molar-refractivity contribution in [2.75, 3.05) is 6.61 Å². The minimum absolute atomic E-state index is 0.288. The first-order chi connectivity index (χ1) is 20.0. The summed E-state index contributed by atoms with van der Waals surface area (Å²) >= 11 is 0. The molecule has 0 bridgehead atoms. The average Bonchev–Trinajstić information content (AvgIpc) is 2.90. The van der Waals surface area contributed by atoms with Gasteiger partial charge in [0, 0.05) is 11.6 Å². The van der Waals surface area contributed by atoms with Crippen LogP contribution in [0.2, 0.25) is 60.4 Å². The average molecular weight is 661 g/mol. The lowest BCUT2D eigenvalue weighted by Crippen LogP contribution is -2.65. The molecular formula is C33H72O5Si4. The number of esters is 1. The fourth-order valence-electron chi connectivity index (χ4n) is 7.28. The molecule has 0 aliphatic carbocycles. The monoisotopic (exact) mass is 660 g/mol. The molecule has 5 nitrogen and oxygen atoms in total. The van der Waals surface area contributed by atoms with Gasteiger partial charge in [-0.15, -0.1) is 0 Å². The van der Waals surface area contributed by atoms with Gasteiger partial charge in [0.25, 0.3) is 0 Å². The number of ether oxygens (including phenoxy) is 1. The van der Waals surface area contributed by atoms with E-state index in [0.29, 0.717) is 11.6 Å². The van der Waals surface area contributed by atoms with Crippen LogP contribution >= 0.6 is 0 Å². The number of hydrogen-bond acceptors (Lipinski definition) is 5. The summed E-state index contributed by atoms with van der Waals surface area (Å²) in [7, 11) is -9.77. The molecule has 0 aliphatic heterocycles. The lowest BCUT2D eigenvalue weighted by Gasteiger charge is -2.49. The van der Waals surface area contributed by atoms with Gasteiger partial charge in [0.2, 0.25) is 0 Å². The molecule has 0 amide bonds. The highest BCUT2D eigenvalue weighted by atomic mass is 28.5. The first kappa shape index (κ1) is 42.0. The van der Waals surface area contributed by atoms with Crippen LogP contribution in [0.3, 0.4) is 0 Å². The van der Waals surface area contributed by atoms with Crippen LogP contribution < -0.4 is 0 Å². The molecule has 0 aliphatic rings. The second kappa shape index (κ2) is 22.5. The van der Waals surface area contributed by atoms with E-state index in [-0.39, 0.29) is 12.6 Å². The van der Waals surface area contributed by atoms with E-state index in [0.717, 1.165) is 112 Å². The normalized spacial score (nSPS) is 13.0. The third kappa shape index (κ3) is 14.4. The summed E-state index contributed by atoms with van der Waals surface area (Å²) in [5.74, 6) is -0.324. The van der Waals surface area contributed by atoms with E-state index < -0.39 is 33.8 Å². The Hall–Kier alpha value is -0.0425. The molecule has 0 saturated carbocycles. The summed E-state index contributed by atoms with van der Waals surface area (Å²) in [5.41, 5.74) is 0.440. The number of rotatable bonds is 28. The minimum Gasteiger partial charge on any atom is -0.462 e. The molecule has 0 spiro atoms. The van der Waals surface area contributed by atoms with Crippen molar-refractivity contribution in [3.63, 3.8) is 0 Å². The summed E-state index contributed by atoms with van der Waals surface area (Å²) in [6.07, 6.45) is 10.2. The highest BCUT2D eigenvalue weighted by molar-refractivity contribution is 6.92. The maximum absolute atomic E-state index is 12.6. The van der Waals surface area contributed by atoms with Gasteiger partial charge >= 0.3 is 14.8 Å². The van der Waals surface area contributed by atoms with Crippen molar-refractivity contribution >= 4 is 39.7 Å². The summed E-state index contributed by atoms with van der Waals surface area (Å²) in [6.45, 7) is 26.6. The van der Waals surface area contributed by atoms with Crippen molar-refractivity contribution in [1.29, 1.82) is 0 Å². The molecule has 0 fully saturated rings. The lowest BCUT2D eigenvalue weighted by molar-refractivity contribution is -0.138. The van der Waals surface area contributed by atoms with Crippen molar-refractivity contribution in [2.45, 2.75) is 187 Å². The molecule has 250 valence electrons. The third-order valence-corrected chi connectivity index (χ3v) is 30.9. The van der Waals surface area contributed by atoms with Gasteiger partial charge in [-0.05, 0) is 61.3 Å². The van der Waals surface area contributed by atoms with E-state index in [1.54, 1.807) is 6.92 Å². The predicted octanol–water partition coefficient (Wildman–Crippen LogP) is 11.6. The minimum atomic E-state index is -3.26. The van der Waals surface area contributed by atoms with Crippen LogP contribution in [-0.4, -0.2) is 46.3 Å². The molecule has 0 radical (unpaired) electrons. The van der Waals surface area contributed by atoms with Crippen LogP contribution in [0.5, 0.6) is 0 Å². The van der Waals surface area contributed by atoms with Crippen molar-refractivity contribution in [3.8, 4) is 0 Å². The SMILES string of the molecule is C=C(C)C(=O)OCC[Si](O[Si](CCC)(CCC)CCC)(O[Si](CCC)(CCC)CCC)O[Si](CCC)(CCC)CCC. The van der Waals surface area contributed by atoms with Gasteiger partial charge in [-0.25, -0.2) is 4.79 Å². The zero-order valence-corrected chi connectivity index (χ0v) is 33.9. The zero-order valence-electron chi connectivity index (χ0n) is 29.9. The summed E-state index contributed by atoms with van der Waals surface area (Å²) in [4.78, 5) is 12.6. The van der Waals surface area contributed by atoms with Gasteiger partial charge in [0.1, 0.15) is 0 Å². The van der Waals surface area contributed by atoms with E-state index in [9.17, 15) is 4.79 Å². The number of carbonyl (C=O) groups is 1. The van der Waals surface area contributed by atoms with E-state index in [4.69, 9.17) is 17.1 Å². The largest absolute Gasteiger partial charge is 0.473 e. The molecule has 0 atom stereocenters. The quantitative estimate of drug-likeness (QED) is 0.0475. The Bertz CT molecular complexity index is 613. The molecule has 0 saturated heterocycles. The van der Waals surface area contributed by atoms with E-state index in [1.807, 2.05) is 0 Å². The van der Waals surface area contributed by atoms with Crippen LogP contribution in [0.4, 0.5) is 0 Å². The summed E-state index contributed by atoms with van der Waals surface area (Å²) < 4.78 is 29.4. The molecule has 0 aromatic carbocycles. The molecule has 0 N–H and O–H groups in total. The first-order valence-electron chi connectivity index (χ1n) is 17.9. The summed E-state index contributed by atoms with van der Waals surface area (Å²) in [6, 6.07) is 10.9. The summed E-state index contributed by atoms with van der Waals surface area (Å²) in [5, 5.41) is 0. The maximum atomic E-state index is 12.6. The van der Waals surface area contributed by atoms with Gasteiger partial charge < -0.3 is 17.1 Å². The second-order valence-electron chi connectivity index (χ2n) is 13.0. The van der Waals surface area contributed by atoms with Crippen molar-refractivity contribution in [3.05, 3.63) is 12.2 Å². The van der Waals surface area contributed by atoms with Crippen LogP contribution in [-0.2, 0) is 21.9 Å². The van der Waals surface area contributed by atoms with Crippen LogP contribution in [0.15, 0.2) is 12.2 Å².